The van der Waals surface area contributed by atoms with Crippen LogP contribution in [-0.4, -0.2) is 9.55 Å². The van der Waals surface area contributed by atoms with Gasteiger partial charge < -0.3 is 16.0 Å². The molecule has 144 valence electrons. The molecule has 1 aromatic heterocycles. The Labute approximate surface area is 157 Å². The van der Waals surface area contributed by atoms with E-state index >= 15 is 0 Å². The summed E-state index contributed by atoms with van der Waals surface area (Å²) in [5.41, 5.74) is 12.8. The smallest absolute Gasteiger partial charge is 0.161 e. The van der Waals surface area contributed by atoms with E-state index in [0.29, 0.717) is 16.9 Å². The van der Waals surface area contributed by atoms with Crippen LogP contribution in [0.15, 0.2) is 42.6 Å². The van der Waals surface area contributed by atoms with Crippen molar-refractivity contribution in [2.75, 3.05) is 0 Å². The second kappa shape index (κ2) is 6.70. The molecule has 1 fully saturated rings. The highest BCUT2D eigenvalue weighted by Gasteiger charge is 2.29. The van der Waals surface area contributed by atoms with E-state index in [1.165, 1.54) is 18.3 Å². The first-order chi connectivity index (χ1) is 13.4. The van der Waals surface area contributed by atoms with E-state index in [-0.39, 0.29) is 22.8 Å². The van der Waals surface area contributed by atoms with Gasteiger partial charge in [0.05, 0.1) is 11.0 Å². The molecule has 1 heterocycles. The highest BCUT2D eigenvalue weighted by atomic mass is 19.2. The van der Waals surface area contributed by atoms with E-state index in [1.807, 2.05) is 0 Å². The molecule has 0 atom stereocenters. The Morgan fingerprint density at radius 2 is 1.75 bits per heavy atom. The van der Waals surface area contributed by atoms with Crippen LogP contribution in [0.1, 0.15) is 30.3 Å². The fourth-order valence-electron chi connectivity index (χ4n) is 3.15. The zero-order valence-corrected chi connectivity index (χ0v) is 14.6. The van der Waals surface area contributed by atoms with Crippen LogP contribution in [0.3, 0.4) is 0 Å². The molecule has 4 N–H and O–H groups in total. The minimum absolute atomic E-state index is 0.00641. The molecule has 4 rings (SSSR count). The van der Waals surface area contributed by atoms with Crippen molar-refractivity contribution in [2.45, 2.75) is 18.9 Å². The number of hydrogen-bond acceptors (Lipinski definition) is 3. The Balaban J connectivity index is 1.84. The summed E-state index contributed by atoms with van der Waals surface area (Å²) in [5.74, 6) is -3.13. The van der Waals surface area contributed by atoms with Gasteiger partial charge in [-0.05, 0) is 31.1 Å². The number of fused-ring (bicyclic) bond motifs is 1. The SMILES string of the molecule is N/C=C(\C=C(/N)c1ccc(F)cc1F)c1nc2cc(F)c(F)cc2n1C1CC1. The van der Waals surface area contributed by atoms with Gasteiger partial charge in [0.15, 0.2) is 11.6 Å². The van der Waals surface area contributed by atoms with Crippen LogP contribution in [0.4, 0.5) is 17.6 Å². The predicted molar refractivity (Wildman–Crippen MR) is 98.6 cm³/mol. The summed E-state index contributed by atoms with van der Waals surface area (Å²) >= 11 is 0. The highest BCUT2D eigenvalue weighted by Crippen LogP contribution is 2.40. The number of halogens is 4. The maximum Gasteiger partial charge on any atom is 0.161 e. The van der Waals surface area contributed by atoms with Crippen molar-refractivity contribution in [1.82, 2.24) is 9.55 Å². The lowest BCUT2D eigenvalue weighted by atomic mass is 10.1. The molecule has 0 aliphatic heterocycles. The van der Waals surface area contributed by atoms with Gasteiger partial charge in [-0.3, -0.25) is 0 Å². The van der Waals surface area contributed by atoms with E-state index in [2.05, 4.69) is 4.98 Å². The summed E-state index contributed by atoms with van der Waals surface area (Å²) in [6.07, 6.45) is 4.37. The largest absolute Gasteiger partial charge is 0.404 e. The minimum Gasteiger partial charge on any atom is -0.404 e. The van der Waals surface area contributed by atoms with E-state index in [9.17, 15) is 17.6 Å². The second-order valence-corrected chi connectivity index (χ2v) is 6.64. The van der Waals surface area contributed by atoms with Crippen molar-refractivity contribution >= 4 is 22.3 Å². The first-order valence-electron chi connectivity index (χ1n) is 8.61. The second-order valence-electron chi connectivity index (χ2n) is 6.64. The topological polar surface area (TPSA) is 69.9 Å². The lowest BCUT2D eigenvalue weighted by Gasteiger charge is -2.10. The fourth-order valence-corrected chi connectivity index (χ4v) is 3.15. The summed E-state index contributed by atoms with van der Waals surface area (Å²) in [6.45, 7) is 0. The van der Waals surface area contributed by atoms with Crippen LogP contribution in [-0.2, 0) is 0 Å². The number of benzene rings is 2. The maximum atomic E-state index is 14.0. The van der Waals surface area contributed by atoms with Gasteiger partial charge in [-0.2, -0.15) is 0 Å². The van der Waals surface area contributed by atoms with Gasteiger partial charge in [0, 0.05) is 47.3 Å². The van der Waals surface area contributed by atoms with Crippen LogP contribution < -0.4 is 11.5 Å². The number of imidazole rings is 1. The molecular weight excluding hydrogens is 372 g/mol. The van der Waals surface area contributed by atoms with Gasteiger partial charge in [-0.1, -0.05) is 0 Å². The third kappa shape index (κ3) is 3.11. The van der Waals surface area contributed by atoms with Gasteiger partial charge in [-0.25, -0.2) is 22.5 Å². The molecule has 0 radical (unpaired) electrons. The maximum absolute atomic E-state index is 14.0. The lowest BCUT2D eigenvalue weighted by Crippen LogP contribution is -2.05. The Morgan fingerprint density at radius 3 is 2.39 bits per heavy atom. The van der Waals surface area contributed by atoms with Gasteiger partial charge >= 0.3 is 0 Å². The van der Waals surface area contributed by atoms with Gasteiger partial charge in [0.1, 0.15) is 17.5 Å². The number of aromatic nitrogens is 2. The molecule has 8 heteroatoms. The average molecular weight is 388 g/mol. The van der Waals surface area contributed by atoms with Crippen molar-refractivity contribution < 1.29 is 17.6 Å². The van der Waals surface area contributed by atoms with E-state index in [0.717, 1.165) is 37.1 Å². The lowest BCUT2D eigenvalue weighted by molar-refractivity contribution is 0.510. The Hall–Kier alpha value is -3.29. The summed E-state index contributed by atoms with van der Waals surface area (Å²) in [5, 5.41) is 0. The first kappa shape index (κ1) is 18.1. The average Bonchev–Trinajstić information content (AvgIpc) is 3.42. The van der Waals surface area contributed by atoms with E-state index in [4.69, 9.17) is 11.5 Å². The summed E-state index contributed by atoms with van der Waals surface area (Å²) in [4.78, 5) is 4.38. The standard InChI is InChI=1S/C20H16F4N4/c21-11-1-4-13(14(22)6-11)17(26)5-10(9-25)20-27-18-7-15(23)16(24)8-19(18)28(20)12-2-3-12/h1,4-9,12H,2-3,25-26H2/b10-9+,17-5-. The van der Waals surface area contributed by atoms with Crippen molar-refractivity contribution in [2.24, 2.45) is 11.5 Å². The Morgan fingerprint density at radius 1 is 1.04 bits per heavy atom. The van der Waals surface area contributed by atoms with E-state index < -0.39 is 23.3 Å². The molecular formula is C20H16F4N4. The van der Waals surface area contributed by atoms with Crippen LogP contribution in [0.25, 0.3) is 22.3 Å². The van der Waals surface area contributed by atoms with Crippen molar-refractivity contribution in [3.8, 4) is 0 Å². The molecule has 2 aromatic carbocycles. The summed E-state index contributed by atoms with van der Waals surface area (Å²) in [7, 11) is 0. The van der Waals surface area contributed by atoms with Crippen molar-refractivity contribution in [3.63, 3.8) is 0 Å². The Bertz CT molecular complexity index is 1140. The van der Waals surface area contributed by atoms with Crippen LogP contribution in [0.5, 0.6) is 0 Å². The fraction of sp³-hybridized carbons (Fsp3) is 0.150. The number of hydrogen-bond donors (Lipinski definition) is 2. The van der Waals surface area contributed by atoms with Crippen LogP contribution in [0, 0.1) is 23.3 Å². The molecule has 1 aliphatic carbocycles. The molecule has 0 bridgehead atoms. The zero-order chi connectivity index (χ0) is 20.0. The van der Waals surface area contributed by atoms with E-state index in [1.54, 1.807) is 4.57 Å². The predicted octanol–water partition coefficient (Wildman–Crippen LogP) is 4.23. The van der Waals surface area contributed by atoms with Crippen LogP contribution in [0.2, 0.25) is 0 Å². The minimum atomic E-state index is -0.999. The van der Waals surface area contributed by atoms with Gasteiger partial charge in [-0.15, -0.1) is 0 Å². The normalized spacial score (nSPS) is 15.4. The quantitative estimate of drug-likeness (QED) is 0.519. The van der Waals surface area contributed by atoms with Crippen molar-refractivity contribution in [3.05, 3.63) is 77.3 Å². The first-order valence-corrected chi connectivity index (χ1v) is 8.61. The Kier molecular flexibility index (Phi) is 4.33. The molecule has 1 aliphatic rings. The highest BCUT2D eigenvalue weighted by molar-refractivity contribution is 5.86. The van der Waals surface area contributed by atoms with Gasteiger partial charge in [0.2, 0.25) is 0 Å². The van der Waals surface area contributed by atoms with Crippen molar-refractivity contribution in [1.29, 1.82) is 0 Å². The molecule has 28 heavy (non-hydrogen) atoms. The summed E-state index contributed by atoms with van der Waals surface area (Å²) < 4.78 is 56.3. The molecule has 0 saturated heterocycles. The summed E-state index contributed by atoms with van der Waals surface area (Å²) in [6, 6.07) is 5.24. The number of allylic oxidation sites excluding steroid dienone is 2. The molecule has 0 unspecified atom stereocenters. The number of nitrogens with two attached hydrogens (primary N) is 2. The van der Waals surface area contributed by atoms with Gasteiger partial charge in [0.25, 0.3) is 0 Å². The third-order valence-electron chi connectivity index (χ3n) is 4.63. The van der Waals surface area contributed by atoms with Crippen LogP contribution >= 0.6 is 0 Å². The molecule has 0 spiro atoms. The zero-order valence-electron chi connectivity index (χ0n) is 14.6. The number of nitrogens with zero attached hydrogens (tertiary/aromatic N) is 2. The molecule has 0 amide bonds. The molecule has 1 saturated carbocycles. The molecule has 4 nitrogen and oxygen atoms in total. The monoisotopic (exact) mass is 388 g/mol. The third-order valence-corrected chi connectivity index (χ3v) is 4.63. The molecule has 3 aromatic rings. The number of rotatable bonds is 4.